The number of nitrogens with zero attached hydrogens (tertiary/aromatic N) is 1. The molecule has 1 saturated heterocycles. The first-order chi connectivity index (χ1) is 13.6. The van der Waals surface area contributed by atoms with Crippen molar-refractivity contribution >= 4 is 17.5 Å². The van der Waals surface area contributed by atoms with E-state index in [1.54, 1.807) is 7.11 Å². The Morgan fingerprint density at radius 1 is 1.07 bits per heavy atom. The molecule has 1 aliphatic heterocycles. The summed E-state index contributed by atoms with van der Waals surface area (Å²) in [6, 6.07) is 15.6. The molecule has 2 aromatic carbocycles. The average molecular weight is 401 g/mol. The van der Waals surface area contributed by atoms with Crippen molar-refractivity contribution < 1.29 is 9.53 Å². The number of halogens is 1. The lowest BCUT2D eigenvalue weighted by Gasteiger charge is -2.46. The molecule has 0 atom stereocenters. The molecule has 1 N–H and O–H groups in total. The van der Waals surface area contributed by atoms with Crippen LogP contribution in [0.1, 0.15) is 37.3 Å². The van der Waals surface area contributed by atoms with E-state index in [2.05, 4.69) is 17.1 Å². The Balaban J connectivity index is 1.85. The second kappa shape index (κ2) is 9.44. The summed E-state index contributed by atoms with van der Waals surface area (Å²) >= 11 is 6.05. The Kier molecular flexibility index (Phi) is 6.97. The maximum atomic E-state index is 13.4. The van der Waals surface area contributed by atoms with Crippen molar-refractivity contribution in [2.24, 2.45) is 0 Å². The van der Waals surface area contributed by atoms with Gasteiger partial charge in [0.05, 0.1) is 13.5 Å². The van der Waals surface area contributed by atoms with Crippen molar-refractivity contribution in [3.8, 4) is 5.75 Å². The van der Waals surface area contributed by atoms with Gasteiger partial charge in [0.2, 0.25) is 5.91 Å². The molecule has 0 unspecified atom stereocenters. The van der Waals surface area contributed by atoms with E-state index in [4.69, 9.17) is 16.3 Å². The number of methoxy groups -OCH3 is 1. The Labute approximate surface area is 172 Å². The highest BCUT2D eigenvalue weighted by molar-refractivity contribution is 6.30. The second-order valence-corrected chi connectivity index (χ2v) is 7.90. The van der Waals surface area contributed by atoms with E-state index in [9.17, 15) is 4.79 Å². The van der Waals surface area contributed by atoms with E-state index in [0.717, 1.165) is 49.2 Å². The van der Waals surface area contributed by atoms with Crippen molar-refractivity contribution in [3.63, 3.8) is 0 Å². The molecule has 0 aromatic heterocycles. The Morgan fingerprint density at radius 3 is 2.25 bits per heavy atom. The lowest BCUT2D eigenvalue weighted by Crippen LogP contribution is -2.56. The monoisotopic (exact) mass is 400 g/mol. The molecule has 28 heavy (non-hydrogen) atoms. The summed E-state index contributed by atoms with van der Waals surface area (Å²) in [5, 5.41) is 4.15. The molecule has 0 aliphatic carbocycles. The van der Waals surface area contributed by atoms with Crippen molar-refractivity contribution in [1.29, 1.82) is 0 Å². The summed E-state index contributed by atoms with van der Waals surface area (Å²) in [6.07, 6.45) is 3.31. The molecule has 4 nitrogen and oxygen atoms in total. The van der Waals surface area contributed by atoms with Gasteiger partial charge in [-0.2, -0.15) is 0 Å². The zero-order chi connectivity index (χ0) is 20.0. The molecule has 0 radical (unpaired) electrons. The fourth-order valence-electron chi connectivity index (χ4n) is 4.01. The molecular weight excluding hydrogens is 372 g/mol. The number of ether oxygens (including phenoxy) is 1. The first-order valence-corrected chi connectivity index (χ1v) is 10.3. The van der Waals surface area contributed by atoms with Gasteiger partial charge in [0, 0.05) is 17.1 Å². The molecule has 1 fully saturated rings. The van der Waals surface area contributed by atoms with Crippen LogP contribution in [-0.2, 0) is 17.8 Å². The lowest BCUT2D eigenvalue weighted by molar-refractivity contribution is -0.139. The molecule has 5 heteroatoms. The summed E-state index contributed by atoms with van der Waals surface area (Å²) in [4.78, 5) is 15.6. The predicted molar refractivity (Wildman–Crippen MR) is 114 cm³/mol. The first kappa shape index (κ1) is 20.7. The number of amides is 1. The van der Waals surface area contributed by atoms with Crippen molar-refractivity contribution in [1.82, 2.24) is 10.2 Å². The van der Waals surface area contributed by atoms with E-state index in [1.807, 2.05) is 48.5 Å². The molecule has 0 bridgehead atoms. The standard InChI is InChI=1S/C23H29ClN2O2/c1-3-23(12-14-25-15-13-23)26(17-19-4-8-20(24)9-5-19)22(27)16-18-6-10-21(28-2)11-7-18/h4-11,25H,3,12-17H2,1-2H3. The van der Waals surface area contributed by atoms with Crippen LogP contribution in [0.15, 0.2) is 48.5 Å². The van der Waals surface area contributed by atoms with Gasteiger partial charge in [-0.1, -0.05) is 42.8 Å². The number of benzene rings is 2. The van der Waals surface area contributed by atoms with E-state index in [-0.39, 0.29) is 11.4 Å². The van der Waals surface area contributed by atoms with Crippen LogP contribution in [0, 0.1) is 0 Å². The largest absolute Gasteiger partial charge is 0.497 e. The van der Waals surface area contributed by atoms with Crippen molar-refractivity contribution in [2.45, 2.75) is 44.7 Å². The summed E-state index contributed by atoms with van der Waals surface area (Å²) in [5.41, 5.74) is 2.01. The number of nitrogens with one attached hydrogen (secondary N) is 1. The number of hydrogen-bond acceptors (Lipinski definition) is 3. The normalized spacial score (nSPS) is 15.8. The molecule has 150 valence electrons. The number of piperidine rings is 1. The van der Waals surface area contributed by atoms with Crippen LogP contribution in [0.5, 0.6) is 5.75 Å². The summed E-state index contributed by atoms with van der Waals surface area (Å²) in [7, 11) is 1.65. The fourth-order valence-corrected chi connectivity index (χ4v) is 4.14. The summed E-state index contributed by atoms with van der Waals surface area (Å²) in [6.45, 7) is 4.70. The van der Waals surface area contributed by atoms with Crippen LogP contribution >= 0.6 is 11.6 Å². The van der Waals surface area contributed by atoms with Gasteiger partial charge in [-0.15, -0.1) is 0 Å². The summed E-state index contributed by atoms with van der Waals surface area (Å²) in [5.74, 6) is 0.974. The molecule has 1 aliphatic rings. The SMILES string of the molecule is CCC1(N(Cc2ccc(Cl)cc2)C(=O)Cc2ccc(OC)cc2)CCNCC1. The Morgan fingerprint density at radius 2 is 1.68 bits per heavy atom. The van der Waals surface area contributed by atoms with Gasteiger partial charge in [0.15, 0.2) is 0 Å². The highest BCUT2D eigenvalue weighted by atomic mass is 35.5. The molecule has 3 rings (SSSR count). The van der Waals surface area contributed by atoms with Crippen LogP contribution in [0.2, 0.25) is 5.02 Å². The van der Waals surface area contributed by atoms with Crippen molar-refractivity contribution in [3.05, 3.63) is 64.7 Å². The van der Waals surface area contributed by atoms with Gasteiger partial charge in [-0.05, 0) is 67.7 Å². The maximum absolute atomic E-state index is 13.4. The Bertz CT molecular complexity index is 768. The number of carbonyl (C=O) groups excluding carboxylic acids is 1. The zero-order valence-corrected chi connectivity index (χ0v) is 17.5. The van der Waals surface area contributed by atoms with E-state index in [0.29, 0.717) is 18.0 Å². The molecule has 0 spiro atoms. The third-order valence-corrected chi connectivity index (χ3v) is 6.09. The minimum atomic E-state index is -0.103. The smallest absolute Gasteiger partial charge is 0.227 e. The van der Waals surface area contributed by atoms with Gasteiger partial charge < -0.3 is 15.0 Å². The second-order valence-electron chi connectivity index (χ2n) is 7.46. The lowest BCUT2D eigenvalue weighted by atomic mass is 9.83. The highest BCUT2D eigenvalue weighted by Gasteiger charge is 2.39. The van der Waals surface area contributed by atoms with Gasteiger partial charge in [-0.25, -0.2) is 0 Å². The van der Waals surface area contributed by atoms with Crippen LogP contribution in [-0.4, -0.2) is 36.5 Å². The van der Waals surface area contributed by atoms with Crippen LogP contribution in [0.25, 0.3) is 0 Å². The van der Waals surface area contributed by atoms with Crippen LogP contribution in [0.3, 0.4) is 0 Å². The van der Waals surface area contributed by atoms with Crippen LogP contribution < -0.4 is 10.1 Å². The quantitative estimate of drug-likeness (QED) is 0.746. The molecular formula is C23H29ClN2O2. The maximum Gasteiger partial charge on any atom is 0.227 e. The minimum Gasteiger partial charge on any atom is -0.497 e. The predicted octanol–water partition coefficient (Wildman–Crippen LogP) is 4.45. The number of carbonyl (C=O) groups is 1. The van der Waals surface area contributed by atoms with Crippen molar-refractivity contribution in [2.75, 3.05) is 20.2 Å². The molecule has 0 saturated carbocycles. The van der Waals surface area contributed by atoms with E-state index < -0.39 is 0 Å². The van der Waals surface area contributed by atoms with Crippen LogP contribution in [0.4, 0.5) is 0 Å². The highest BCUT2D eigenvalue weighted by Crippen LogP contribution is 2.32. The first-order valence-electron chi connectivity index (χ1n) is 9.95. The average Bonchev–Trinajstić information content (AvgIpc) is 2.74. The minimum absolute atomic E-state index is 0.103. The molecule has 1 heterocycles. The third kappa shape index (κ3) is 4.86. The third-order valence-electron chi connectivity index (χ3n) is 5.83. The van der Waals surface area contributed by atoms with Gasteiger partial charge >= 0.3 is 0 Å². The number of rotatable bonds is 7. The summed E-state index contributed by atoms with van der Waals surface area (Å²) < 4.78 is 5.23. The van der Waals surface area contributed by atoms with E-state index >= 15 is 0 Å². The number of hydrogen-bond donors (Lipinski definition) is 1. The Hall–Kier alpha value is -2.04. The molecule has 1 amide bonds. The fraction of sp³-hybridized carbons (Fsp3) is 0.435. The zero-order valence-electron chi connectivity index (χ0n) is 16.7. The molecule has 2 aromatic rings. The van der Waals surface area contributed by atoms with Gasteiger partial charge in [-0.3, -0.25) is 4.79 Å². The van der Waals surface area contributed by atoms with Gasteiger partial charge in [0.25, 0.3) is 0 Å². The topological polar surface area (TPSA) is 41.6 Å². The van der Waals surface area contributed by atoms with Gasteiger partial charge in [0.1, 0.15) is 5.75 Å². The van der Waals surface area contributed by atoms with E-state index in [1.165, 1.54) is 0 Å².